The van der Waals surface area contributed by atoms with Crippen molar-refractivity contribution in [2.24, 2.45) is 0 Å². The van der Waals surface area contributed by atoms with Crippen molar-refractivity contribution in [1.29, 1.82) is 0 Å². The molecule has 0 saturated heterocycles. The molecule has 2 aromatic carbocycles. The zero-order valence-corrected chi connectivity index (χ0v) is 13.5. The number of carbonyl (C=O) groups excluding carboxylic acids is 1. The Morgan fingerprint density at radius 3 is 2.96 bits per heavy atom. The quantitative estimate of drug-likeness (QED) is 0.618. The van der Waals surface area contributed by atoms with Crippen LogP contribution < -0.4 is 10.1 Å². The van der Waals surface area contributed by atoms with Crippen LogP contribution in [0.25, 0.3) is 21.9 Å². The molecule has 0 atom stereocenters. The molecule has 6 nitrogen and oxygen atoms in total. The van der Waals surface area contributed by atoms with Gasteiger partial charge in [0.25, 0.3) is 0 Å². The second-order valence-corrected chi connectivity index (χ2v) is 5.60. The van der Waals surface area contributed by atoms with Gasteiger partial charge in [0.15, 0.2) is 5.58 Å². The predicted molar refractivity (Wildman–Crippen MR) is 94.6 cm³/mol. The molecule has 0 aliphatic carbocycles. The second kappa shape index (κ2) is 6.24. The van der Waals surface area contributed by atoms with E-state index in [1.165, 1.54) is 0 Å². The van der Waals surface area contributed by atoms with E-state index in [9.17, 15) is 4.79 Å². The number of aromatic nitrogens is 2. The Labute approximate surface area is 143 Å². The van der Waals surface area contributed by atoms with E-state index < -0.39 is 0 Å². The van der Waals surface area contributed by atoms with Gasteiger partial charge < -0.3 is 14.6 Å². The maximum absolute atomic E-state index is 12.5. The highest BCUT2D eigenvalue weighted by molar-refractivity contribution is 6.02. The van der Waals surface area contributed by atoms with Gasteiger partial charge >= 0.3 is 0 Å². The number of hydrogen-bond acceptors (Lipinski definition) is 5. The molecule has 4 aromatic rings. The highest BCUT2D eigenvalue weighted by Crippen LogP contribution is 2.28. The van der Waals surface area contributed by atoms with E-state index in [0.717, 1.165) is 10.8 Å². The summed E-state index contributed by atoms with van der Waals surface area (Å²) >= 11 is 0. The van der Waals surface area contributed by atoms with E-state index in [1.54, 1.807) is 19.4 Å². The minimum absolute atomic E-state index is 0.114. The van der Waals surface area contributed by atoms with Crippen molar-refractivity contribution < 1.29 is 14.1 Å². The number of nitrogens with one attached hydrogen (secondary N) is 1. The monoisotopic (exact) mass is 333 g/mol. The number of carbonyl (C=O) groups is 1. The van der Waals surface area contributed by atoms with Gasteiger partial charge in [0.1, 0.15) is 11.4 Å². The first-order chi connectivity index (χ1) is 12.2. The van der Waals surface area contributed by atoms with Crippen molar-refractivity contribution in [3.05, 3.63) is 60.4 Å². The molecule has 0 radical (unpaired) electrons. The molecule has 2 heterocycles. The van der Waals surface area contributed by atoms with E-state index in [2.05, 4.69) is 15.5 Å². The SMILES string of the molecule is COc1cc(NC(=O)Cc2noc3ccccc23)c2ncccc2c1. The number of fused-ring (bicyclic) bond motifs is 2. The van der Waals surface area contributed by atoms with E-state index in [-0.39, 0.29) is 12.3 Å². The van der Waals surface area contributed by atoms with Gasteiger partial charge in [-0.05, 0) is 24.3 Å². The molecule has 25 heavy (non-hydrogen) atoms. The van der Waals surface area contributed by atoms with Crippen molar-refractivity contribution in [3.8, 4) is 5.75 Å². The lowest BCUT2D eigenvalue weighted by atomic mass is 10.1. The van der Waals surface area contributed by atoms with Crippen molar-refractivity contribution >= 4 is 33.5 Å². The van der Waals surface area contributed by atoms with Crippen LogP contribution in [0.2, 0.25) is 0 Å². The molecule has 2 aromatic heterocycles. The minimum Gasteiger partial charge on any atom is -0.497 e. The molecule has 0 fully saturated rings. The first-order valence-corrected chi connectivity index (χ1v) is 7.80. The van der Waals surface area contributed by atoms with Gasteiger partial charge in [-0.2, -0.15) is 0 Å². The van der Waals surface area contributed by atoms with Gasteiger partial charge in [0, 0.05) is 23.0 Å². The molecular weight excluding hydrogens is 318 g/mol. The van der Waals surface area contributed by atoms with E-state index in [0.29, 0.717) is 28.2 Å². The highest BCUT2D eigenvalue weighted by atomic mass is 16.5. The lowest BCUT2D eigenvalue weighted by molar-refractivity contribution is -0.115. The summed E-state index contributed by atoms with van der Waals surface area (Å²) in [5.41, 5.74) is 2.58. The van der Waals surface area contributed by atoms with Crippen molar-refractivity contribution in [3.63, 3.8) is 0 Å². The molecule has 4 rings (SSSR count). The number of benzene rings is 2. The largest absolute Gasteiger partial charge is 0.497 e. The third-order valence-corrected chi connectivity index (χ3v) is 3.97. The summed E-state index contributed by atoms with van der Waals surface area (Å²) < 4.78 is 10.5. The number of amides is 1. The van der Waals surface area contributed by atoms with Crippen LogP contribution in [0.5, 0.6) is 5.75 Å². The normalized spacial score (nSPS) is 10.9. The van der Waals surface area contributed by atoms with Crippen molar-refractivity contribution in [1.82, 2.24) is 10.1 Å². The summed E-state index contributed by atoms with van der Waals surface area (Å²) in [4.78, 5) is 16.9. The molecular formula is C19H15N3O3. The molecule has 0 aliphatic heterocycles. The number of para-hydroxylation sites is 1. The first kappa shape index (κ1) is 15.1. The molecule has 0 aliphatic rings. The van der Waals surface area contributed by atoms with Gasteiger partial charge in [-0.15, -0.1) is 0 Å². The van der Waals surface area contributed by atoms with Crippen LogP contribution in [0.3, 0.4) is 0 Å². The number of methoxy groups -OCH3 is 1. The smallest absolute Gasteiger partial charge is 0.230 e. The van der Waals surface area contributed by atoms with Crippen molar-refractivity contribution in [2.45, 2.75) is 6.42 Å². The number of ether oxygens (including phenoxy) is 1. The van der Waals surface area contributed by atoms with Gasteiger partial charge in [-0.25, -0.2) is 0 Å². The Bertz CT molecular complexity index is 1070. The molecule has 1 amide bonds. The molecule has 0 unspecified atom stereocenters. The Morgan fingerprint density at radius 1 is 1.20 bits per heavy atom. The average Bonchev–Trinajstić information content (AvgIpc) is 3.04. The maximum Gasteiger partial charge on any atom is 0.230 e. The second-order valence-electron chi connectivity index (χ2n) is 5.60. The Kier molecular flexibility index (Phi) is 3.78. The fourth-order valence-electron chi connectivity index (χ4n) is 2.79. The number of pyridine rings is 1. The van der Waals surface area contributed by atoms with Crippen LogP contribution in [0.15, 0.2) is 59.3 Å². The zero-order valence-electron chi connectivity index (χ0n) is 13.5. The Morgan fingerprint density at radius 2 is 2.08 bits per heavy atom. The zero-order chi connectivity index (χ0) is 17.2. The summed E-state index contributed by atoms with van der Waals surface area (Å²) in [7, 11) is 1.59. The highest BCUT2D eigenvalue weighted by Gasteiger charge is 2.14. The molecule has 1 N–H and O–H groups in total. The molecule has 124 valence electrons. The van der Waals surface area contributed by atoms with Gasteiger partial charge in [0.2, 0.25) is 5.91 Å². The average molecular weight is 333 g/mol. The van der Waals surface area contributed by atoms with Gasteiger partial charge in [-0.1, -0.05) is 23.4 Å². The maximum atomic E-state index is 12.5. The standard InChI is InChI=1S/C19H15N3O3/c1-24-13-9-12-5-4-8-20-19(12)16(10-13)21-18(23)11-15-14-6-2-3-7-17(14)25-22-15/h2-10H,11H2,1H3,(H,21,23). The van der Waals surface area contributed by atoms with Crippen LogP contribution in [0, 0.1) is 0 Å². The van der Waals surface area contributed by atoms with Gasteiger partial charge in [0.05, 0.1) is 24.7 Å². The summed E-state index contributed by atoms with van der Waals surface area (Å²) in [6, 6.07) is 14.9. The molecule has 0 saturated carbocycles. The number of hydrogen-bond donors (Lipinski definition) is 1. The summed E-state index contributed by atoms with van der Waals surface area (Å²) in [6.45, 7) is 0. The van der Waals surface area contributed by atoms with E-state index >= 15 is 0 Å². The topological polar surface area (TPSA) is 77.2 Å². The van der Waals surface area contributed by atoms with Gasteiger partial charge in [-0.3, -0.25) is 9.78 Å². The van der Waals surface area contributed by atoms with Crippen molar-refractivity contribution in [2.75, 3.05) is 12.4 Å². The summed E-state index contributed by atoms with van der Waals surface area (Å²) in [6.07, 6.45) is 1.80. The van der Waals surface area contributed by atoms with Crippen LogP contribution >= 0.6 is 0 Å². The third kappa shape index (κ3) is 2.89. The fourth-order valence-corrected chi connectivity index (χ4v) is 2.79. The molecule has 6 heteroatoms. The fraction of sp³-hybridized carbons (Fsp3) is 0.105. The number of rotatable bonds is 4. The summed E-state index contributed by atoms with van der Waals surface area (Å²) in [5, 5.41) is 8.63. The predicted octanol–water partition coefficient (Wildman–Crippen LogP) is 3.57. The number of anilines is 1. The van der Waals surface area contributed by atoms with Crippen LogP contribution in [-0.2, 0) is 11.2 Å². The summed E-state index contributed by atoms with van der Waals surface area (Å²) in [5.74, 6) is 0.460. The van der Waals surface area contributed by atoms with E-state index in [4.69, 9.17) is 9.26 Å². The first-order valence-electron chi connectivity index (χ1n) is 7.80. The molecule has 0 bridgehead atoms. The minimum atomic E-state index is -0.195. The Balaban J connectivity index is 1.63. The molecule has 0 spiro atoms. The van der Waals surface area contributed by atoms with Crippen LogP contribution in [-0.4, -0.2) is 23.2 Å². The lowest BCUT2D eigenvalue weighted by Crippen LogP contribution is -2.15. The number of nitrogens with zero attached hydrogens (tertiary/aromatic N) is 2. The lowest BCUT2D eigenvalue weighted by Gasteiger charge is -2.10. The van der Waals surface area contributed by atoms with Crippen LogP contribution in [0.1, 0.15) is 5.69 Å². The Hall–Kier alpha value is -3.41. The third-order valence-electron chi connectivity index (χ3n) is 3.97. The van der Waals surface area contributed by atoms with Crippen LogP contribution in [0.4, 0.5) is 5.69 Å². The van der Waals surface area contributed by atoms with E-state index in [1.807, 2.05) is 42.5 Å².